The van der Waals surface area contributed by atoms with Crippen LogP contribution < -0.4 is 15.0 Å². The third-order valence-corrected chi connectivity index (χ3v) is 5.30. The molecule has 4 rings (SSSR count). The fourth-order valence-electron chi connectivity index (χ4n) is 3.60. The highest BCUT2D eigenvalue weighted by Gasteiger charge is 2.32. The molecule has 0 bridgehead atoms. The Kier molecular flexibility index (Phi) is 5.27. The first-order valence-electron chi connectivity index (χ1n) is 9.97. The summed E-state index contributed by atoms with van der Waals surface area (Å²) in [4.78, 5) is 27.3. The fourth-order valence-corrected chi connectivity index (χ4v) is 3.60. The van der Waals surface area contributed by atoms with Gasteiger partial charge in [-0.15, -0.1) is 0 Å². The number of carbonyl (C=O) groups excluding carboxylic acids is 2. The summed E-state index contributed by atoms with van der Waals surface area (Å²) in [6, 6.07) is 20.8. The SMILES string of the molecule is Cc1cccc(C(=O)Nc2ccc3c(c2)N(Cc2ccccc2C)C(=O)C(C)O3)c1. The van der Waals surface area contributed by atoms with Gasteiger partial charge >= 0.3 is 0 Å². The molecule has 0 aromatic heterocycles. The number of nitrogens with one attached hydrogen (secondary N) is 1. The lowest BCUT2D eigenvalue weighted by atomic mass is 10.1. The van der Waals surface area contributed by atoms with Crippen LogP contribution in [-0.4, -0.2) is 17.9 Å². The van der Waals surface area contributed by atoms with Crippen molar-refractivity contribution in [2.45, 2.75) is 33.4 Å². The second kappa shape index (κ2) is 8.03. The van der Waals surface area contributed by atoms with E-state index in [0.29, 0.717) is 29.2 Å². The second-order valence-electron chi connectivity index (χ2n) is 7.62. The molecule has 2 amide bonds. The number of hydrogen-bond acceptors (Lipinski definition) is 3. The summed E-state index contributed by atoms with van der Waals surface area (Å²) in [5, 5.41) is 2.92. The van der Waals surface area contributed by atoms with E-state index >= 15 is 0 Å². The number of carbonyl (C=O) groups is 2. The van der Waals surface area contributed by atoms with Gasteiger partial charge in [-0.05, 0) is 62.2 Å². The maximum absolute atomic E-state index is 12.9. The zero-order valence-corrected chi connectivity index (χ0v) is 17.3. The zero-order valence-electron chi connectivity index (χ0n) is 17.3. The van der Waals surface area contributed by atoms with Gasteiger partial charge in [-0.1, -0.05) is 42.0 Å². The molecule has 0 saturated carbocycles. The topological polar surface area (TPSA) is 58.6 Å². The lowest BCUT2D eigenvalue weighted by Crippen LogP contribution is -2.44. The smallest absolute Gasteiger partial charge is 0.268 e. The lowest BCUT2D eigenvalue weighted by molar-refractivity contribution is -0.125. The minimum atomic E-state index is -0.561. The van der Waals surface area contributed by atoms with Gasteiger partial charge in [0.25, 0.3) is 11.8 Å². The van der Waals surface area contributed by atoms with Gasteiger partial charge in [0.05, 0.1) is 12.2 Å². The molecular formula is C25H24N2O3. The van der Waals surface area contributed by atoms with E-state index in [9.17, 15) is 9.59 Å². The van der Waals surface area contributed by atoms with Crippen LogP contribution in [-0.2, 0) is 11.3 Å². The highest BCUT2D eigenvalue weighted by Crippen LogP contribution is 2.37. The van der Waals surface area contributed by atoms with E-state index in [1.165, 1.54) is 0 Å². The first kappa shape index (κ1) is 19.7. The maximum Gasteiger partial charge on any atom is 0.268 e. The number of ether oxygens (including phenoxy) is 1. The van der Waals surface area contributed by atoms with Crippen molar-refractivity contribution < 1.29 is 14.3 Å². The van der Waals surface area contributed by atoms with E-state index in [1.54, 1.807) is 36.1 Å². The molecule has 1 atom stereocenters. The van der Waals surface area contributed by atoms with Crippen molar-refractivity contribution in [1.82, 2.24) is 0 Å². The molecule has 1 aliphatic heterocycles. The quantitative estimate of drug-likeness (QED) is 0.680. The second-order valence-corrected chi connectivity index (χ2v) is 7.62. The van der Waals surface area contributed by atoms with Crippen molar-refractivity contribution in [2.24, 2.45) is 0 Å². The highest BCUT2D eigenvalue weighted by atomic mass is 16.5. The molecular weight excluding hydrogens is 376 g/mol. The first-order chi connectivity index (χ1) is 14.4. The molecule has 1 heterocycles. The zero-order chi connectivity index (χ0) is 21.3. The normalized spacial score (nSPS) is 15.4. The number of benzene rings is 3. The summed E-state index contributed by atoms with van der Waals surface area (Å²) in [6.07, 6.45) is -0.561. The lowest BCUT2D eigenvalue weighted by Gasteiger charge is -2.33. The molecule has 3 aromatic carbocycles. The summed E-state index contributed by atoms with van der Waals surface area (Å²) in [5.74, 6) is 0.331. The van der Waals surface area contributed by atoms with E-state index < -0.39 is 6.10 Å². The number of hydrogen-bond donors (Lipinski definition) is 1. The summed E-state index contributed by atoms with van der Waals surface area (Å²) >= 11 is 0. The van der Waals surface area contributed by atoms with E-state index in [2.05, 4.69) is 5.32 Å². The molecule has 3 aromatic rings. The van der Waals surface area contributed by atoms with E-state index in [0.717, 1.165) is 16.7 Å². The molecule has 5 heteroatoms. The Morgan fingerprint density at radius 1 is 1.03 bits per heavy atom. The molecule has 1 unspecified atom stereocenters. The predicted octanol–water partition coefficient (Wildman–Crippen LogP) is 4.87. The average Bonchev–Trinajstić information content (AvgIpc) is 2.73. The first-order valence-corrected chi connectivity index (χ1v) is 9.97. The third-order valence-electron chi connectivity index (χ3n) is 5.30. The number of rotatable bonds is 4. The Hall–Kier alpha value is -3.60. The van der Waals surface area contributed by atoms with Gasteiger partial charge in [0, 0.05) is 11.3 Å². The Labute approximate surface area is 176 Å². The summed E-state index contributed by atoms with van der Waals surface area (Å²) in [6.45, 7) is 6.18. The Balaban J connectivity index is 1.65. The number of fused-ring (bicyclic) bond motifs is 1. The van der Waals surface area contributed by atoms with Crippen molar-refractivity contribution in [3.63, 3.8) is 0 Å². The van der Waals surface area contributed by atoms with E-state index in [-0.39, 0.29) is 11.8 Å². The minimum Gasteiger partial charge on any atom is -0.479 e. The van der Waals surface area contributed by atoms with Gasteiger partial charge in [-0.25, -0.2) is 0 Å². The molecule has 5 nitrogen and oxygen atoms in total. The van der Waals surface area contributed by atoms with Gasteiger partial charge in [0.15, 0.2) is 6.10 Å². The van der Waals surface area contributed by atoms with Crippen LogP contribution in [0.5, 0.6) is 5.75 Å². The van der Waals surface area contributed by atoms with Crippen molar-refractivity contribution in [1.29, 1.82) is 0 Å². The van der Waals surface area contributed by atoms with E-state index in [1.807, 2.05) is 56.3 Å². The Bertz CT molecular complexity index is 1120. The number of aryl methyl sites for hydroxylation is 2. The highest BCUT2D eigenvalue weighted by molar-refractivity contribution is 6.05. The molecule has 1 N–H and O–H groups in total. The van der Waals surface area contributed by atoms with Gasteiger partial charge < -0.3 is 15.0 Å². The standard InChI is InChI=1S/C25H24N2O3/c1-16-7-6-10-19(13-16)24(28)26-21-11-12-23-22(14-21)27(25(29)18(3)30-23)15-20-9-5-4-8-17(20)2/h4-14,18H,15H2,1-3H3,(H,26,28). The molecule has 0 spiro atoms. The van der Waals surface area contributed by atoms with Crippen LogP contribution in [0.4, 0.5) is 11.4 Å². The van der Waals surface area contributed by atoms with Crippen molar-refractivity contribution in [3.8, 4) is 5.75 Å². The molecule has 1 aliphatic rings. The molecule has 0 fully saturated rings. The summed E-state index contributed by atoms with van der Waals surface area (Å²) < 4.78 is 5.80. The van der Waals surface area contributed by atoms with Crippen LogP contribution in [0.3, 0.4) is 0 Å². The van der Waals surface area contributed by atoms with Crippen LogP contribution >= 0.6 is 0 Å². The van der Waals surface area contributed by atoms with Crippen LogP contribution in [0.15, 0.2) is 66.7 Å². The predicted molar refractivity (Wildman–Crippen MR) is 118 cm³/mol. The van der Waals surface area contributed by atoms with Crippen molar-refractivity contribution >= 4 is 23.2 Å². The van der Waals surface area contributed by atoms with Crippen LogP contribution in [0.2, 0.25) is 0 Å². The van der Waals surface area contributed by atoms with Gasteiger partial charge in [-0.2, -0.15) is 0 Å². The van der Waals surface area contributed by atoms with Gasteiger partial charge in [-0.3, -0.25) is 9.59 Å². The summed E-state index contributed by atoms with van der Waals surface area (Å²) in [5.41, 5.74) is 5.07. The molecule has 30 heavy (non-hydrogen) atoms. The molecule has 0 saturated heterocycles. The van der Waals surface area contributed by atoms with E-state index in [4.69, 9.17) is 4.74 Å². The van der Waals surface area contributed by atoms with Gasteiger partial charge in [0.1, 0.15) is 5.75 Å². The third kappa shape index (κ3) is 3.92. The molecule has 152 valence electrons. The average molecular weight is 400 g/mol. The number of amides is 2. The molecule has 0 radical (unpaired) electrons. The Morgan fingerprint density at radius 2 is 1.83 bits per heavy atom. The van der Waals surface area contributed by atoms with Crippen LogP contribution in [0.1, 0.15) is 34.0 Å². The Morgan fingerprint density at radius 3 is 2.60 bits per heavy atom. The monoisotopic (exact) mass is 400 g/mol. The maximum atomic E-state index is 12.9. The molecule has 0 aliphatic carbocycles. The largest absolute Gasteiger partial charge is 0.479 e. The van der Waals surface area contributed by atoms with Crippen molar-refractivity contribution in [2.75, 3.05) is 10.2 Å². The fraction of sp³-hybridized carbons (Fsp3) is 0.200. The number of nitrogens with zero attached hydrogens (tertiary/aromatic N) is 1. The summed E-state index contributed by atoms with van der Waals surface area (Å²) in [7, 11) is 0. The minimum absolute atomic E-state index is 0.104. The van der Waals surface area contributed by atoms with Crippen LogP contribution in [0.25, 0.3) is 0 Å². The number of anilines is 2. The van der Waals surface area contributed by atoms with Crippen LogP contribution in [0, 0.1) is 13.8 Å². The van der Waals surface area contributed by atoms with Crippen molar-refractivity contribution in [3.05, 3.63) is 89.0 Å². The van der Waals surface area contributed by atoms with Gasteiger partial charge in [0.2, 0.25) is 0 Å².